The van der Waals surface area contributed by atoms with Crippen molar-refractivity contribution >= 4 is 17.7 Å². The number of amides is 3. The minimum Gasteiger partial charge on any atom is -0.345 e. The van der Waals surface area contributed by atoms with Crippen LogP contribution in [0.2, 0.25) is 0 Å². The van der Waals surface area contributed by atoms with Gasteiger partial charge in [0.25, 0.3) is 0 Å². The lowest BCUT2D eigenvalue weighted by atomic mass is 10.1. The summed E-state index contributed by atoms with van der Waals surface area (Å²) < 4.78 is 38.1. The van der Waals surface area contributed by atoms with Crippen LogP contribution in [0.3, 0.4) is 0 Å². The highest BCUT2D eigenvalue weighted by Gasteiger charge is 2.31. The average molecular weight is 436 g/mol. The molecular weight excluding hydrogens is 413 g/mol. The summed E-state index contributed by atoms with van der Waals surface area (Å²) in [4.78, 5) is 39.3. The molecule has 0 bridgehead atoms. The first-order chi connectivity index (χ1) is 14.7. The van der Waals surface area contributed by atoms with Crippen LogP contribution in [-0.2, 0) is 20.6 Å². The van der Waals surface area contributed by atoms with Crippen LogP contribution in [0, 0.1) is 11.8 Å². The fourth-order valence-electron chi connectivity index (χ4n) is 3.05. The zero-order chi connectivity index (χ0) is 22.4. The van der Waals surface area contributed by atoms with Crippen molar-refractivity contribution in [1.29, 1.82) is 0 Å². The molecule has 10 heteroatoms. The third-order valence-corrected chi connectivity index (χ3v) is 4.93. The Labute approximate surface area is 177 Å². The fraction of sp³-hybridized carbons (Fsp3) is 0.476. The van der Waals surface area contributed by atoms with E-state index in [0.29, 0.717) is 26.2 Å². The number of nitrogens with zero attached hydrogens (tertiary/aromatic N) is 2. The smallest absolute Gasteiger partial charge is 0.345 e. The molecule has 2 fully saturated rings. The number of benzene rings is 1. The maximum atomic E-state index is 12.7. The van der Waals surface area contributed by atoms with Gasteiger partial charge in [0.05, 0.1) is 18.7 Å². The second kappa shape index (κ2) is 9.83. The van der Waals surface area contributed by atoms with E-state index < -0.39 is 23.6 Å². The highest BCUT2D eigenvalue weighted by atomic mass is 19.4. The van der Waals surface area contributed by atoms with Gasteiger partial charge in [0.2, 0.25) is 5.91 Å². The van der Waals surface area contributed by atoms with Gasteiger partial charge in [-0.1, -0.05) is 17.9 Å². The van der Waals surface area contributed by atoms with Crippen molar-refractivity contribution in [1.82, 2.24) is 20.4 Å². The maximum absolute atomic E-state index is 12.7. The van der Waals surface area contributed by atoms with Gasteiger partial charge in [-0.2, -0.15) is 13.2 Å². The Kier molecular flexibility index (Phi) is 7.17. The predicted molar refractivity (Wildman–Crippen MR) is 106 cm³/mol. The van der Waals surface area contributed by atoms with Crippen LogP contribution in [0.15, 0.2) is 24.3 Å². The Bertz CT molecular complexity index is 895. The normalized spacial score (nSPS) is 16.8. The molecule has 166 valence electrons. The van der Waals surface area contributed by atoms with Crippen molar-refractivity contribution in [2.24, 2.45) is 0 Å². The summed E-state index contributed by atoms with van der Waals surface area (Å²) in [6.45, 7) is 1.77. The summed E-state index contributed by atoms with van der Waals surface area (Å²) >= 11 is 0. The second-order valence-corrected chi connectivity index (χ2v) is 7.47. The molecule has 3 rings (SSSR count). The van der Waals surface area contributed by atoms with Crippen LogP contribution in [0.25, 0.3) is 0 Å². The molecule has 1 saturated heterocycles. The Balaban J connectivity index is 1.37. The number of hydrogen-bond acceptors (Lipinski definition) is 4. The molecule has 1 aliphatic carbocycles. The second-order valence-electron chi connectivity index (χ2n) is 7.47. The molecule has 2 aliphatic rings. The highest BCUT2D eigenvalue weighted by molar-refractivity contribution is 6.35. The van der Waals surface area contributed by atoms with E-state index >= 15 is 0 Å². The Morgan fingerprint density at radius 3 is 2.45 bits per heavy atom. The molecular formula is C21H23F3N4O3. The van der Waals surface area contributed by atoms with Gasteiger partial charge >= 0.3 is 18.0 Å². The van der Waals surface area contributed by atoms with E-state index in [2.05, 4.69) is 22.5 Å². The van der Waals surface area contributed by atoms with Gasteiger partial charge in [-0.15, -0.1) is 0 Å². The molecule has 1 aromatic carbocycles. The third-order valence-electron chi connectivity index (χ3n) is 4.93. The Morgan fingerprint density at radius 2 is 1.81 bits per heavy atom. The van der Waals surface area contributed by atoms with Gasteiger partial charge in [-0.3, -0.25) is 19.3 Å². The van der Waals surface area contributed by atoms with E-state index in [9.17, 15) is 27.6 Å². The first-order valence-electron chi connectivity index (χ1n) is 9.97. The van der Waals surface area contributed by atoms with Gasteiger partial charge in [0.1, 0.15) is 0 Å². The minimum absolute atomic E-state index is 0.00880. The average Bonchev–Trinajstić information content (AvgIpc) is 3.55. The first kappa shape index (κ1) is 22.6. The molecule has 1 aliphatic heterocycles. The largest absolute Gasteiger partial charge is 0.416 e. The van der Waals surface area contributed by atoms with E-state index in [0.717, 1.165) is 25.0 Å². The van der Waals surface area contributed by atoms with Crippen LogP contribution >= 0.6 is 0 Å². The zero-order valence-corrected chi connectivity index (χ0v) is 16.8. The quantitative estimate of drug-likeness (QED) is 0.535. The standard InChI is InChI=1S/C21H23F3N4O3/c22-21(23,24)16-5-1-3-15(13-16)4-2-8-25-18(29)14-27-9-11-28(12-10-27)20(31)19(30)26-17-6-7-17/h1,3,5,13,17H,6-12,14H2,(H,25,29)(H,26,30). The molecule has 7 nitrogen and oxygen atoms in total. The molecule has 3 amide bonds. The Hall–Kier alpha value is -3.06. The number of carbonyl (C=O) groups is 3. The van der Waals surface area contributed by atoms with Crippen LogP contribution in [0.1, 0.15) is 24.0 Å². The molecule has 2 N–H and O–H groups in total. The molecule has 0 radical (unpaired) electrons. The molecule has 0 spiro atoms. The van der Waals surface area contributed by atoms with E-state index in [4.69, 9.17) is 0 Å². The summed E-state index contributed by atoms with van der Waals surface area (Å²) in [5, 5.41) is 5.27. The molecule has 1 saturated carbocycles. The number of halogens is 3. The molecule has 0 atom stereocenters. The lowest BCUT2D eigenvalue weighted by Crippen LogP contribution is -2.54. The van der Waals surface area contributed by atoms with Crippen molar-refractivity contribution in [2.75, 3.05) is 39.3 Å². The van der Waals surface area contributed by atoms with Crippen molar-refractivity contribution in [2.45, 2.75) is 25.1 Å². The van der Waals surface area contributed by atoms with E-state index in [1.807, 2.05) is 4.90 Å². The van der Waals surface area contributed by atoms with E-state index in [1.165, 1.54) is 17.0 Å². The van der Waals surface area contributed by atoms with Crippen molar-refractivity contribution < 1.29 is 27.6 Å². The van der Waals surface area contributed by atoms with Crippen molar-refractivity contribution in [3.8, 4) is 11.8 Å². The van der Waals surface area contributed by atoms with Gasteiger partial charge in [-0.05, 0) is 31.0 Å². The fourth-order valence-corrected chi connectivity index (χ4v) is 3.05. The monoisotopic (exact) mass is 436 g/mol. The third kappa shape index (κ3) is 7.00. The molecule has 0 aromatic heterocycles. The van der Waals surface area contributed by atoms with Crippen LogP contribution < -0.4 is 10.6 Å². The first-order valence-corrected chi connectivity index (χ1v) is 9.97. The molecule has 1 heterocycles. The van der Waals surface area contributed by atoms with Gasteiger partial charge in [0, 0.05) is 37.8 Å². The summed E-state index contributed by atoms with van der Waals surface area (Å²) in [5.74, 6) is 3.85. The van der Waals surface area contributed by atoms with Crippen LogP contribution in [0.4, 0.5) is 13.2 Å². The maximum Gasteiger partial charge on any atom is 0.416 e. The number of hydrogen-bond donors (Lipinski definition) is 2. The Morgan fingerprint density at radius 1 is 1.10 bits per heavy atom. The highest BCUT2D eigenvalue weighted by Crippen LogP contribution is 2.29. The number of rotatable bonds is 4. The van der Waals surface area contributed by atoms with Crippen molar-refractivity contribution in [3.63, 3.8) is 0 Å². The van der Waals surface area contributed by atoms with Crippen LogP contribution in [0.5, 0.6) is 0 Å². The molecule has 1 aromatic rings. The molecule has 0 unspecified atom stereocenters. The minimum atomic E-state index is -4.43. The zero-order valence-electron chi connectivity index (χ0n) is 16.8. The number of alkyl halides is 3. The number of carbonyl (C=O) groups excluding carboxylic acids is 3. The summed E-state index contributed by atoms with van der Waals surface area (Å²) in [6.07, 6.45) is -2.61. The van der Waals surface area contributed by atoms with E-state index in [1.54, 1.807) is 0 Å². The predicted octanol–water partition coefficient (Wildman–Crippen LogP) is 0.596. The number of nitrogens with one attached hydrogen (secondary N) is 2. The van der Waals surface area contributed by atoms with Crippen molar-refractivity contribution in [3.05, 3.63) is 35.4 Å². The van der Waals surface area contributed by atoms with Crippen LogP contribution in [-0.4, -0.2) is 72.8 Å². The van der Waals surface area contributed by atoms with E-state index in [-0.39, 0.29) is 30.6 Å². The summed E-state index contributed by atoms with van der Waals surface area (Å²) in [7, 11) is 0. The SMILES string of the molecule is O=C(CN1CCN(C(=O)C(=O)NC2CC2)CC1)NCC#Cc1cccc(C(F)(F)F)c1. The summed E-state index contributed by atoms with van der Waals surface area (Å²) in [5.41, 5.74) is -0.554. The van der Waals surface area contributed by atoms with Gasteiger partial charge in [0.15, 0.2) is 0 Å². The number of piperazine rings is 1. The summed E-state index contributed by atoms with van der Waals surface area (Å²) in [6, 6.07) is 4.81. The molecule has 31 heavy (non-hydrogen) atoms. The lowest BCUT2D eigenvalue weighted by Gasteiger charge is -2.33. The lowest BCUT2D eigenvalue weighted by molar-refractivity contribution is -0.147. The van der Waals surface area contributed by atoms with Gasteiger partial charge < -0.3 is 15.5 Å². The van der Waals surface area contributed by atoms with Gasteiger partial charge in [-0.25, -0.2) is 0 Å². The topological polar surface area (TPSA) is 81.8 Å².